The summed E-state index contributed by atoms with van der Waals surface area (Å²) in [5, 5.41) is 0. The largest absolute Gasteiger partial charge is 0.341 e. The molecule has 1 aliphatic rings. The van der Waals surface area contributed by atoms with Gasteiger partial charge in [0.05, 0.1) is 5.69 Å². The molecule has 1 aliphatic heterocycles. The van der Waals surface area contributed by atoms with Crippen molar-refractivity contribution in [3.8, 4) is 0 Å². The first-order valence-electron chi connectivity index (χ1n) is 7.40. The van der Waals surface area contributed by atoms with Crippen LogP contribution in [0.5, 0.6) is 0 Å². The first-order valence-corrected chi connectivity index (χ1v) is 7.40. The predicted molar refractivity (Wildman–Crippen MR) is 81.3 cm³/mol. The van der Waals surface area contributed by atoms with Crippen molar-refractivity contribution in [2.24, 2.45) is 11.8 Å². The number of fused-ring (bicyclic) bond motifs is 1. The van der Waals surface area contributed by atoms with Crippen LogP contribution in [0.25, 0.3) is 0 Å². The number of aromatic nitrogens is 1. The molecule has 1 aromatic carbocycles. The molecule has 1 unspecified atom stereocenters. The lowest BCUT2D eigenvalue weighted by Gasteiger charge is -2.11. The zero-order chi connectivity index (χ0) is 15.0. The summed E-state index contributed by atoms with van der Waals surface area (Å²) in [7, 11) is 0. The predicted octanol–water partition coefficient (Wildman–Crippen LogP) is 3.12. The van der Waals surface area contributed by atoms with E-state index in [-0.39, 0.29) is 23.4 Å². The molecular formula is C18H19NO2. The Bertz CT molecular complexity index is 682. The Hall–Kier alpha value is -2.16. The van der Waals surface area contributed by atoms with Crippen LogP contribution in [0, 0.1) is 11.8 Å². The van der Waals surface area contributed by atoms with Gasteiger partial charge in [-0.2, -0.15) is 0 Å². The molecule has 108 valence electrons. The third-order valence-electron chi connectivity index (χ3n) is 4.17. The van der Waals surface area contributed by atoms with E-state index in [1.54, 1.807) is 0 Å². The van der Waals surface area contributed by atoms with Gasteiger partial charge in [0.1, 0.15) is 5.78 Å². The molecule has 3 heteroatoms. The minimum absolute atomic E-state index is 0.0172. The first-order chi connectivity index (χ1) is 10.1. The van der Waals surface area contributed by atoms with Gasteiger partial charge in [0.25, 0.3) is 0 Å². The van der Waals surface area contributed by atoms with Gasteiger partial charge in [-0.05, 0) is 18.6 Å². The summed E-state index contributed by atoms with van der Waals surface area (Å²) >= 11 is 0. The van der Waals surface area contributed by atoms with Gasteiger partial charge in [-0.25, -0.2) is 0 Å². The number of carbonyl (C=O) groups is 2. The van der Waals surface area contributed by atoms with Crippen LogP contribution in [0.4, 0.5) is 0 Å². The molecule has 0 spiro atoms. The molecule has 0 amide bonds. The second-order valence-corrected chi connectivity index (χ2v) is 5.97. The summed E-state index contributed by atoms with van der Waals surface area (Å²) in [4.78, 5) is 24.7. The molecule has 0 N–H and O–H groups in total. The van der Waals surface area contributed by atoms with Crippen LogP contribution in [-0.2, 0) is 17.8 Å². The Balaban J connectivity index is 1.87. The van der Waals surface area contributed by atoms with Crippen LogP contribution in [-0.4, -0.2) is 16.1 Å². The summed E-state index contributed by atoms with van der Waals surface area (Å²) in [6, 6.07) is 13.1. The molecule has 21 heavy (non-hydrogen) atoms. The SMILES string of the molecule is CC(C)C(=O)C1Cc2ccc(C(=O)c3ccccc3)n2C1. The van der Waals surface area contributed by atoms with E-state index in [1.807, 2.05) is 60.9 Å². The molecule has 3 nitrogen and oxygen atoms in total. The summed E-state index contributed by atoms with van der Waals surface area (Å²) in [5.41, 5.74) is 2.47. The van der Waals surface area contributed by atoms with Crippen molar-refractivity contribution in [3.63, 3.8) is 0 Å². The van der Waals surface area contributed by atoms with Crippen LogP contribution in [0.3, 0.4) is 0 Å². The third kappa shape index (κ3) is 2.44. The monoisotopic (exact) mass is 281 g/mol. The smallest absolute Gasteiger partial charge is 0.209 e. The van der Waals surface area contributed by atoms with Crippen molar-refractivity contribution < 1.29 is 9.59 Å². The zero-order valence-electron chi connectivity index (χ0n) is 12.4. The number of carbonyl (C=O) groups excluding carboxylic acids is 2. The maximum Gasteiger partial charge on any atom is 0.209 e. The lowest BCUT2D eigenvalue weighted by molar-refractivity contribution is -0.125. The van der Waals surface area contributed by atoms with Crippen LogP contribution < -0.4 is 0 Å². The molecule has 0 fully saturated rings. The van der Waals surface area contributed by atoms with E-state index in [9.17, 15) is 9.59 Å². The molecule has 2 aromatic rings. The van der Waals surface area contributed by atoms with Gasteiger partial charge in [-0.3, -0.25) is 9.59 Å². The molecule has 0 saturated heterocycles. The molecule has 2 heterocycles. The summed E-state index contributed by atoms with van der Waals surface area (Å²) in [6.45, 7) is 4.51. The van der Waals surface area contributed by atoms with E-state index in [4.69, 9.17) is 0 Å². The number of ketones is 2. The van der Waals surface area contributed by atoms with Gasteiger partial charge < -0.3 is 4.57 Å². The lowest BCUT2D eigenvalue weighted by atomic mass is 9.93. The molecule has 1 aromatic heterocycles. The van der Waals surface area contributed by atoms with E-state index < -0.39 is 0 Å². The van der Waals surface area contributed by atoms with Crippen LogP contribution in [0.15, 0.2) is 42.5 Å². The average molecular weight is 281 g/mol. The van der Waals surface area contributed by atoms with E-state index >= 15 is 0 Å². The van der Waals surface area contributed by atoms with Crippen molar-refractivity contribution in [1.29, 1.82) is 0 Å². The third-order valence-corrected chi connectivity index (χ3v) is 4.17. The number of nitrogens with zero attached hydrogens (tertiary/aromatic N) is 1. The van der Waals surface area contributed by atoms with Gasteiger partial charge in [-0.15, -0.1) is 0 Å². The summed E-state index contributed by atoms with van der Waals surface area (Å²) in [5.74, 6) is 0.382. The average Bonchev–Trinajstić information content (AvgIpc) is 3.06. The van der Waals surface area contributed by atoms with E-state index in [0.29, 0.717) is 17.8 Å². The number of Topliss-reactive ketones (excluding diaryl/α,β-unsaturated/α-hetero) is 1. The number of rotatable bonds is 4. The van der Waals surface area contributed by atoms with Gasteiger partial charge in [0.15, 0.2) is 0 Å². The summed E-state index contributed by atoms with van der Waals surface area (Å²) in [6.07, 6.45) is 0.749. The second kappa shape index (κ2) is 5.32. The highest BCUT2D eigenvalue weighted by molar-refractivity contribution is 6.08. The van der Waals surface area contributed by atoms with E-state index in [1.165, 1.54) is 0 Å². The van der Waals surface area contributed by atoms with Crippen molar-refractivity contribution in [2.45, 2.75) is 26.8 Å². The molecule has 0 saturated carbocycles. The molecule has 0 bridgehead atoms. The molecular weight excluding hydrogens is 262 g/mol. The lowest BCUT2D eigenvalue weighted by Crippen LogP contribution is -2.21. The first kappa shape index (κ1) is 13.8. The Kier molecular flexibility index (Phi) is 3.50. The highest BCUT2D eigenvalue weighted by Crippen LogP contribution is 2.27. The van der Waals surface area contributed by atoms with Gasteiger partial charge in [-0.1, -0.05) is 44.2 Å². The summed E-state index contributed by atoms with van der Waals surface area (Å²) < 4.78 is 2.01. The van der Waals surface area contributed by atoms with Crippen molar-refractivity contribution >= 4 is 11.6 Å². The normalized spacial score (nSPS) is 17.0. The number of benzene rings is 1. The molecule has 0 aliphatic carbocycles. The standard InChI is InChI=1S/C18H19NO2/c1-12(2)17(20)14-10-15-8-9-16(19(15)11-14)18(21)13-6-4-3-5-7-13/h3-9,12,14H,10-11H2,1-2H3. The highest BCUT2D eigenvalue weighted by Gasteiger charge is 2.31. The van der Waals surface area contributed by atoms with Gasteiger partial charge >= 0.3 is 0 Å². The maximum absolute atomic E-state index is 12.6. The fraction of sp³-hybridized carbons (Fsp3) is 0.333. The fourth-order valence-corrected chi connectivity index (χ4v) is 3.04. The molecule has 1 atom stereocenters. The topological polar surface area (TPSA) is 39.1 Å². The molecule has 0 radical (unpaired) electrons. The number of hydrogen-bond acceptors (Lipinski definition) is 2. The Morgan fingerprint density at radius 3 is 2.48 bits per heavy atom. The second-order valence-electron chi connectivity index (χ2n) is 5.97. The maximum atomic E-state index is 12.6. The fourth-order valence-electron chi connectivity index (χ4n) is 3.04. The highest BCUT2D eigenvalue weighted by atomic mass is 16.1. The zero-order valence-corrected chi connectivity index (χ0v) is 12.4. The minimum atomic E-state index is 0.0172. The van der Waals surface area contributed by atoms with Gasteiger partial charge in [0, 0.05) is 29.6 Å². The van der Waals surface area contributed by atoms with Crippen molar-refractivity contribution in [2.75, 3.05) is 0 Å². The van der Waals surface area contributed by atoms with Crippen molar-refractivity contribution in [1.82, 2.24) is 4.57 Å². The van der Waals surface area contributed by atoms with E-state index in [2.05, 4.69) is 0 Å². The van der Waals surface area contributed by atoms with Crippen LogP contribution in [0.2, 0.25) is 0 Å². The van der Waals surface area contributed by atoms with E-state index in [0.717, 1.165) is 12.1 Å². The Labute approximate surface area is 124 Å². The number of hydrogen-bond donors (Lipinski definition) is 0. The minimum Gasteiger partial charge on any atom is -0.341 e. The van der Waals surface area contributed by atoms with Gasteiger partial charge in [0.2, 0.25) is 5.78 Å². The van der Waals surface area contributed by atoms with Crippen LogP contribution >= 0.6 is 0 Å². The van der Waals surface area contributed by atoms with Crippen LogP contribution in [0.1, 0.15) is 35.6 Å². The quantitative estimate of drug-likeness (QED) is 0.808. The van der Waals surface area contributed by atoms with Crippen molar-refractivity contribution in [3.05, 3.63) is 59.4 Å². The molecule has 3 rings (SSSR count). The Morgan fingerprint density at radius 1 is 1.10 bits per heavy atom. The Morgan fingerprint density at radius 2 is 1.81 bits per heavy atom.